The largest absolute Gasteiger partial charge is 0.481 e. The van der Waals surface area contributed by atoms with Crippen LogP contribution in [0.15, 0.2) is 30.6 Å². The van der Waals surface area contributed by atoms with Crippen LogP contribution in [-0.4, -0.2) is 58.3 Å². The van der Waals surface area contributed by atoms with Crippen LogP contribution in [0.4, 0.5) is 23.2 Å². The number of rotatable bonds is 11. The number of pyridine rings is 1. The zero-order chi connectivity index (χ0) is 27.7. The number of nitrogens with zero attached hydrogens (tertiary/aromatic N) is 1. The standard InChI is InChI=1S/C22H20F4N4O7/c1-10(28-21(35)22(36)29-11-4-6-27-7-5-11)20(34)30-14(2-3-16(32)33)15(31)9-37-19-17(25)12(23)8-13(24)18(19)26/h4-8,10,14H,2-3,9H2,1H3,(H,28,35)(H,30,34)(H,32,33)(H,27,29,36)/t10-,14-/m0/s1. The molecule has 0 unspecified atom stereocenters. The molecule has 0 spiro atoms. The SMILES string of the molecule is C[C@H](NC(=O)C(=O)Nc1ccncc1)C(=O)N[C@@H](CCC(=O)O)C(=O)COc1c(F)c(F)cc(F)c1F. The molecular weight excluding hydrogens is 508 g/mol. The molecular formula is C22H20F4N4O7. The quantitative estimate of drug-likeness (QED) is 0.191. The number of halogens is 4. The van der Waals surface area contributed by atoms with Gasteiger partial charge in [0.1, 0.15) is 12.6 Å². The average molecular weight is 528 g/mol. The Hall–Kier alpha value is -4.56. The van der Waals surface area contributed by atoms with Gasteiger partial charge in [-0.15, -0.1) is 0 Å². The third-order valence-corrected chi connectivity index (χ3v) is 4.67. The first-order valence-electron chi connectivity index (χ1n) is 10.4. The normalized spacial score (nSPS) is 12.1. The predicted molar refractivity (Wildman–Crippen MR) is 116 cm³/mol. The highest BCUT2D eigenvalue weighted by molar-refractivity contribution is 6.40. The predicted octanol–water partition coefficient (Wildman–Crippen LogP) is 1.08. The summed E-state index contributed by atoms with van der Waals surface area (Å²) in [6.45, 7) is -0.0428. The summed E-state index contributed by atoms with van der Waals surface area (Å²) in [5.74, 6) is -14.7. The number of carboxylic acids is 1. The molecule has 2 aromatic rings. The fourth-order valence-corrected chi connectivity index (χ4v) is 2.75. The minimum Gasteiger partial charge on any atom is -0.481 e. The Morgan fingerprint density at radius 3 is 2.14 bits per heavy atom. The van der Waals surface area contributed by atoms with Crippen LogP contribution in [0.1, 0.15) is 19.8 Å². The van der Waals surface area contributed by atoms with Gasteiger partial charge in [-0.25, -0.2) is 8.78 Å². The second-order valence-electron chi connectivity index (χ2n) is 7.43. The first-order chi connectivity index (χ1) is 17.4. The summed E-state index contributed by atoms with van der Waals surface area (Å²) >= 11 is 0. The van der Waals surface area contributed by atoms with Crippen molar-refractivity contribution in [3.63, 3.8) is 0 Å². The van der Waals surface area contributed by atoms with E-state index in [0.717, 1.165) is 6.92 Å². The smallest absolute Gasteiger partial charge is 0.313 e. The number of anilines is 1. The molecule has 15 heteroatoms. The Bertz CT molecular complexity index is 1170. The molecule has 0 saturated heterocycles. The van der Waals surface area contributed by atoms with Gasteiger partial charge in [0.25, 0.3) is 0 Å². The number of amides is 3. The molecule has 0 saturated carbocycles. The minimum absolute atomic E-state index is 0.0672. The van der Waals surface area contributed by atoms with Gasteiger partial charge in [-0.2, -0.15) is 8.78 Å². The molecule has 1 aromatic heterocycles. The van der Waals surface area contributed by atoms with E-state index < -0.39 is 90.0 Å². The molecule has 11 nitrogen and oxygen atoms in total. The summed E-state index contributed by atoms with van der Waals surface area (Å²) in [5.41, 5.74) is 0.248. The van der Waals surface area contributed by atoms with Crippen molar-refractivity contribution in [3.05, 3.63) is 53.9 Å². The molecule has 2 rings (SSSR count). The molecule has 0 aliphatic heterocycles. The van der Waals surface area contributed by atoms with Gasteiger partial charge < -0.3 is 25.8 Å². The van der Waals surface area contributed by atoms with E-state index in [9.17, 15) is 41.5 Å². The molecule has 0 aliphatic rings. The molecule has 0 aliphatic carbocycles. The first-order valence-corrected chi connectivity index (χ1v) is 10.4. The summed E-state index contributed by atoms with van der Waals surface area (Å²) < 4.78 is 58.7. The van der Waals surface area contributed by atoms with E-state index in [2.05, 4.69) is 25.7 Å². The van der Waals surface area contributed by atoms with Crippen molar-refractivity contribution in [2.75, 3.05) is 11.9 Å². The van der Waals surface area contributed by atoms with Gasteiger partial charge in [0.15, 0.2) is 23.2 Å². The molecule has 198 valence electrons. The summed E-state index contributed by atoms with van der Waals surface area (Å²) in [7, 11) is 0. The number of aromatic nitrogens is 1. The highest BCUT2D eigenvalue weighted by Crippen LogP contribution is 2.26. The second kappa shape index (κ2) is 12.9. The van der Waals surface area contributed by atoms with E-state index in [-0.39, 0.29) is 11.8 Å². The Kier molecular flexibility index (Phi) is 10.0. The summed E-state index contributed by atoms with van der Waals surface area (Å²) in [4.78, 5) is 63.6. The Labute approximate surface area is 206 Å². The second-order valence-corrected chi connectivity index (χ2v) is 7.43. The van der Waals surface area contributed by atoms with E-state index in [1.807, 2.05) is 0 Å². The zero-order valence-electron chi connectivity index (χ0n) is 19.0. The van der Waals surface area contributed by atoms with Gasteiger partial charge in [0.05, 0.1) is 6.04 Å². The van der Waals surface area contributed by atoms with Crippen molar-refractivity contribution in [2.24, 2.45) is 0 Å². The number of hydrogen-bond acceptors (Lipinski definition) is 7. The lowest BCUT2D eigenvalue weighted by Crippen LogP contribution is -2.52. The number of ether oxygens (including phenoxy) is 1. The van der Waals surface area contributed by atoms with Crippen molar-refractivity contribution in [1.29, 1.82) is 0 Å². The van der Waals surface area contributed by atoms with Crippen LogP contribution < -0.4 is 20.7 Å². The van der Waals surface area contributed by atoms with Crippen molar-refractivity contribution in [1.82, 2.24) is 15.6 Å². The molecule has 4 N–H and O–H groups in total. The lowest BCUT2D eigenvalue weighted by atomic mass is 10.1. The molecule has 3 amide bonds. The van der Waals surface area contributed by atoms with Crippen LogP contribution in [0.3, 0.4) is 0 Å². The Morgan fingerprint density at radius 2 is 1.57 bits per heavy atom. The van der Waals surface area contributed by atoms with Crippen LogP contribution in [-0.2, 0) is 24.0 Å². The van der Waals surface area contributed by atoms with Crippen LogP contribution >= 0.6 is 0 Å². The highest BCUT2D eigenvalue weighted by atomic mass is 19.2. The van der Waals surface area contributed by atoms with Crippen molar-refractivity contribution in [2.45, 2.75) is 31.8 Å². The fraction of sp³-hybridized carbons (Fsp3) is 0.273. The molecule has 37 heavy (non-hydrogen) atoms. The topological polar surface area (TPSA) is 164 Å². The van der Waals surface area contributed by atoms with Crippen LogP contribution in [0.25, 0.3) is 0 Å². The van der Waals surface area contributed by atoms with E-state index in [1.54, 1.807) is 0 Å². The lowest BCUT2D eigenvalue weighted by molar-refractivity contribution is -0.139. The average Bonchev–Trinajstić information content (AvgIpc) is 2.85. The van der Waals surface area contributed by atoms with Gasteiger partial charge in [0, 0.05) is 30.6 Å². The highest BCUT2D eigenvalue weighted by Gasteiger charge is 2.28. The number of hydrogen-bond donors (Lipinski definition) is 4. The number of carboxylic acid groups (broad SMARTS) is 1. The maximum Gasteiger partial charge on any atom is 0.313 e. The van der Waals surface area contributed by atoms with Crippen LogP contribution in [0.5, 0.6) is 5.75 Å². The van der Waals surface area contributed by atoms with Gasteiger partial charge >= 0.3 is 17.8 Å². The Morgan fingerprint density at radius 1 is 0.973 bits per heavy atom. The summed E-state index contributed by atoms with van der Waals surface area (Å²) in [6, 6.07) is -0.264. The number of Topliss-reactive ketones (excluding diaryl/α,β-unsaturated/α-hetero) is 1. The minimum atomic E-state index is -1.90. The Balaban J connectivity index is 2.03. The number of benzene rings is 1. The molecule has 1 heterocycles. The number of aliphatic carboxylic acids is 1. The number of carbonyl (C=O) groups excluding carboxylic acids is 4. The monoisotopic (exact) mass is 528 g/mol. The van der Waals surface area contributed by atoms with E-state index >= 15 is 0 Å². The van der Waals surface area contributed by atoms with Crippen LogP contribution in [0.2, 0.25) is 0 Å². The lowest BCUT2D eigenvalue weighted by Gasteiger charge is -2.20. The molecule has 0 radical (unpaired) electrons. The maximum absolute atomic E-state index is 13.7. The third kappa shape index (κ3) is 8.26. The maximum atomic E-state index is 13.7. The first kappa shape index (κ1) is 28.7. The van der Waals surface area contributed by atoms with E-state index in [0.29, 0.717) is 0 Å². The van der Waals surface area contributed by atoms with Crippen molar-refractivity contribution in [3.8, 4) is 5.75 Å². The molecule has 1 aromatic carbocycles. The molecule has 0 fully saturated rings. The zero-order valence-corrected chi connectivity index (χ0v) is 19.0. The van der Waals surface area contributed by atoms with E-state index in [1.165, 1.54) is 24.5 Å². The number of carbonyl (C=O) groups is 5. The van der Waals surface area contributed by atoms with Crippen molar-refractivity contribution >= 4 is 35.2 Å². The molecule has 2 atom stereocenters. The summed E-state index contributed by atoms with van der Waals surface area (Å²) in [6.07, 6.45) is 1.57. The number of ketones is 1. The fourth-order valence-electron chi connectivity index (χ4n) is 2.75. The summed E-state index contributed by atoms with van der Waals surface area (Å²) in [5, 5.41) is 15.3. The van der Waals surface area contributed by atoms with E-state index in [4.69, 9.17) is 5.11 Å². The number of nitrogens with one attached hydrogen (secondary N) is 3. The van der Waals surface area contributed by atoms with Gasteiger partial charge in [-0.3, -0.25) is 29.0 Å². The third-order valence-electron chi connectivity index (χ3n) is 4.67. The van der Waals surface area contributed by atoms with Crippen molar-refractivity contribution < 1.29 is 51.4 Å². The van der Waals surface area contributed by atoms with Crippen LogP contribution in [0, 0.1) is 23.3 Å². The molecule has 0 bridgehead atoms. The van der Waals surface area contributed by atoms with Gasteiger partial charge in [0.2, 0.25) is 17.5 Å². The van der Waals surface area contributed by atoms with Gasteiger partial charge in [-0.1, -0.05) is 0 Å². The van der Waals surface area contributed by atoms with Gasteiger partial charge in [-0.05, 0) is 25.5 Å².